The first-order chi connectivity index (χ1) is 11.1. The number of fused-ring (bicyclic) bond motifs is 1. The van der Waals surface area contributed by atoms with E-state index >= 15 is 0 Å². The number of rotatable bonds is 3. The van der Waals surface area contributed by atoms with Crippen LogP contribution in [-0.4, -0.2) is 20.4 Å². The third-order valence-electron chi connectivity index (χ3n) is 3.27. The maximum Gasteiger partial charge on any atom is 0.221 e. The summed E-state index contributed by atoms with van der Waals surface area (Å²) < 4.78 is 30.7. The van der Waals surface area contributed by atoms with Gasteiger partial charge in [0.05, 0.1) is 10.4 Å². The van der Waals surface area contributed by atoms with Crippen LogP contribution in [0.2, 0.25) is 0 Å². The lowest BCUT2D eigenvalue weighted by atomic mass is 10.2. The zero-order chi connectivity index (χ0) is 16.3. The van der Waals surface area contributed by atoms with Gasteiger partial charge in [-0.15, -0.1) is 12.4 Å². The summed E-state index contributed by atoms with van der Waals surface area (Å²) in [5, 5.41) is 3.51. The van der Waals surface area contributed by atoms with Gasteiger partial charge in [-0.05, 0) is 24.3 Å². The van der Waals surface area contributed by atoms with Crippen LogP contribution in [0.15, 0.2) is 64.5 Å². The molecule has 5 nitrogen and oxygen atoms in total. The minimum absolute atomic E-state index is 0. The lowest BCUT2D eigenvalue weighted by molar-refractivity contribution is 0.523. The third-order valence-corrected chi connectivity index (χ3v) is 4.97. The van der Waals surface area contributed by atoms with Crippen LogP contribution in [0.1, 0.15) is 0 Å². The molecule has 0 radical (unpaired) electrons. The van der Waals surface area contributed by atoms with Crippen molar-refractivity contribution < 1.29 is 13.2 Å². The number of para-hydroxylation sites is 1. The van der Waals surface area contributed by atoms with Gasteiger partial charge in [-0.3, -0.25) is 0 Å². The molecule has 1 heterocycles. The van der Waals surface area contributed by atoms with E-state index in [-0.39, 0.29) is 22.3 Å². The average Bonchev–Trinajstić information content (AvgIpc) is 3.02. The highest BCUT2D eigenvalue weighted by atomic mass is 35.5. The molecular weight excluding hydrogens is 348 g/mol. The molecule has 0 aliphatic rings. The van der Waals surface area contributed by atoms with Gasteiger partial charge >= 0.3 is 0 Å². The minimum Gasteiger partial charge on any atom is -0.404 e. The Bertz CT molecular complexity index is 1000. The van der Waals surface area contributed by atoms with Crippen molar-refractivity contribution in [3.05, 3.63) is 54.6 Å². The first kappa shape index (κ1) is 17.7. The van der Waals surface area contributed by atoms with E-state index in [1.165, 1.54) is 0 Å². The number of H-pyrrole nitrogens is 1. The fraction of sp³-hybridized carbons (Fsp3) is 0.0588. The molecule has 0 amide bonds. The highest BCUT2D eigenvalue weighted by molar-refractivity contribution is 7.91. The van der Waals surface area contributed by atoms with Gasteiger partial charge in [0.1, 0.15) is 11.1 Å². The van der Waals surface area contributed by atoms with Crippen molar-refractivity contribution in [2.24, 2.45) is 0 Å². The number of aromatic nitrogens is 1. The molecule has 0 fully saturated rings. The molecule has 124 valence electrons. The van der Waals surface area contributed by atoms with Gasteiger partial charge in [0.25, 0.3) is 0 Å². The Labute approximate surface area is 146 Å². The zero-order valence-electron chi connectivity index (χ0n) is 12.7. The molecule has 3 rings (SSSR count). The topological polar surface area (TPSA) is 71.2 Å². The van der Waals surface area contributed by atoms with E-state index in [4.69, 9.17) is 4.74 Å². The smallest absolute Gasteiger partial charge is 0.221 e. The summed E-state index contributed by atoms with van der Waals surface area (Å²) in [7, 11) is -1.93. The molecule has 0 aliphatic heterocycles. The van der Waals surface area contributed by atoms with Gasteiger partial charge in [-0.25, -0.2) is 8.42 Å². The summed E-state index contributed by atoms with van der Waals surface area (Å²) in [6.07, 6.45) is 2.49. The van der Waals surface area contributed by atoms with Crippen LogP contribution in [0, 0.1) is 12.2 Å². The van der Waals surface area contributed by atoms with Crippen LogP contribution >= 0.6 is 12.4 Å². The Morgan fingerprint density at radius 2 is 1.83 bits per heavy atom. The largest absolute Gasteiger partial charge is 0.404 e. The van der Waals surface area contributed by atoms with Crippen molar-refractivity contribution in [3.63, 3.8) is 0 Å². The van der Waals surface area contributed by atoms with E-state index in [1.807, 2.05) is 6.07 Å². The molecule has 0 bridgehead atoms. The minimum atomic E-state index is -3.60. The molecule has 1 aromatic heterocycles. The summed E-state index contributed by atoms with van der Waals surface area (Å²) in [6.45, 7) is 0. The van der Waals surface area contributed by atoms with Crippen molar-refractivity contribution in [3.8, 4) is 17.9 Å². The van der Waals surface area contributed by atoms with E-state index in [9.17, 15) is 8.42 Å². The molecule has 24 heavy (non-hydrogen) atoms. The SMILES string of the molecule is CNC#COc1cccc2cc(S(=O)(=O)c3ccccc3)[nH]c12.Cl. The lowest BCUT2D eigenvalue weighted by Gasteiger charge is -2.01. The number of ether oxygens (including phenoxy) is 1. The number of aromatic amines is 1. The van der Waals surface area contributed by atoms with Gasteiger partial charge in [0.2, 0.25) is 9.84 Å². The van der Waals surface area contributed by atoms with Crippen LogP contribution in [0.5, 0.6) is 5.75 Å². The molecule has 2 aromatic carbocycles. The fourth-order valence-corrected chi connectivity index (χ4v) is 3.48. The van der Waals surface area contributed by atoms with Gasteiger partial charge < -0.3 is 15.0 Å². The Kier molecular flexibility index (Phi) is 5.39. The van der Waals surface area contributed by atoms with Crippen LogP contribution in [0.4, 0.5) is 0 Å². The molecule has 7 heteroatoms. The first-order valence-corrected chi connectivity index (χ1v) is 8.37. The number of halogens is 1. The molecule has 0 saturated heterocycles. The zero-order valence-corrected chi connectivity index (χ0v) is 14.4. The second-order valence-electron chi connectivity index (χ2n) is 4.75. The van der Waals surface area contributed by atoms with E-state index in [0.29, 0.717) is 11.3 Å². The Morgan fingerprint density at radius 1 is 1.08 bits per heavy atom. The number of hydrogen-bond acceptors (Lipinski definition) is 4. The number of hydrogen-bond donors (Lipinski definition) is 2. The van der Waals surface area contributed by atoms with E-state index in [0.717, 1.165) is 5.39 Å². The quantitative estimate of drug-likeness (QED) is 0.555. The summed E-state index contributed by atoms with van der Waals surface area (Å²) in [6, 6.07) is 17.8. The molecule has 0 spiro atoms. The van der Waals surface area contributed by atoms with Crippen LogP contribution < -0.4 is 10.1 Å². The van der Waals surface area contributed by atoms with Gasteiger partial charge in [-0.1, -0.05) is 30.3 Å². The van der Waals surface area contributed by atoms with Crippen molar-refractivity contribution in [2.45, 2.75) is 9.92 Å². The fourth-order valence-electron chi connectivity index (χ4n) is 2.19. The van der Waals surface area contributed by atoms with Crippen molar-refractivity contribution in [2.75, 3.05) is 7.05 Å². The predicted molar refractivity (Wildman–Crippen MR) is 94.9 cm³/mol. The van der Waals surface area contributed by atoms with Crippen molar-refractivity contribution in [1.29, 1.82) is 0 Å². The van der Waals surface area contributed by atoms with Gasteiger partial charge in [-0.2, -0.15) is 0 Å². The number of benzene rings is 2. The van der Waals surface area contributed by atoms with E-state index < -0.39 is 9.84 Å². The first-order valence-electron chi connectivity index (χ1n) is 6.88. The molecule has 3 aromatic rings. The van der Waals surface area contributed by atoms with Gasteiger partial charge in [0.15, 0.2) is 5.75 Å². The maximum absolute atomic E-state index is 12.7. The van der Waals surface area contributed by atoms with Crippen molar-refractivity contribution in [1.82, 2.24) is 10.3 Å². The van der Waals surface area contributed by atoms with Gasteiger partial charge in [0, 0.05) is 18.5 Å². The summed E-state index contributed by atoms with van der Waals surface area (Å²) in [5.74, 6) is 0.472. The monoisotopic (exact) mass is 362 g/mol. The molecule has 2 N–H and O–H groups in total. The highest BCUT2D eigenvalue weighted by Crippen LogP contribution is 2.29. The second-order valence-corrected chi connectivity index (χ2v) is 6.67. The normalized spacial score (nSPS) is 10.4. The third kappa shape index (κ3) is 3.32. The number of nitrogens with one attached hydrogen (secondary N) is 2. The average molecular weight is 363 g/mol. The van der Waals surface area contributed by atoms with E-state index in [1.54, 1.807) is 55.6 Å². The highest BCUT2D eigenvalue weighted by Gasteiger charge is 2.20. The van der Waals surface area contributed by atoms with E-state index in [2.05, 4.69) is 22.5 Å². The molecule has 0 atom stereocenters. The molecule has 0 unspecified atom stereocenters. The Balaban J connectivity index is 0.00000208. The van der Waals surface area contributed by atoms with Crippen LogP contribution in [0.25, 0.3) is 10.9 Å². The van der Waals surface area contributed by atoms with Crippen LogP contribution in [0.3, 0.4) is 0 Å². The Hall–Kier alpha value is -2.62. The van der Waals surface area contributed by atoms with Crippen molar-refractivity contribution >= 4 is 33.1 Å². The molecule has 0 saturated carbocycles. The summed E-state index contributed by atoms with van der Waals surface area (Å²) in [4.78, 5) is 3.17. The maximum atomic E-state index is 12.7. The summed E-state index contributed by atoms with van der Waals surface area (Å²) >= 11 is 0. The lowest BCUT2D eigenvalue weighted by Crippen LogP contribution is -2.01. The molecule has 0 aliphatic carbocycles. The standard InChI is InChI=1S/C17H14N2O3S.ClH/c1-18-10-11-22-15-9-5-6-13-12-16(19-17(13)15)23(20,21)14-7-3-2-4-8-14;/h2-9,12,18-19H,1H3;1H. The van der Waals surface area contributed by atoms with Crippen LogP contribution in [-0.2, 0) is 9.84 Å². The second kappa shape index (κ2) is 7.30. The predicted octanol–water partition coefficient (Wildman–Crippen LogP) is 2.94. The Morgan fingerprint density at radius 3 is 2.54 bits per heavy atom. The number of sulfone groups is 1. The summed E-state index contributed by atoms with van der Waals surface area (Å²) in [5.41, 5.74) is 0.590. The molecular formula is C17H15ClN2O3S.